The predicted octanol–water partition coefficient (Wildman–Crippen LogP) is 14.1. The number of aromatic nitrogens is 4. The summed E-state index contributed by atoms with van der Waals surface area (Å²) < 4.78 is 121. The fourth-order valence-electron chi connectivity index (χ4n) is 10.6. The number of aryl methyl sites for hydroxylation is 5. The van der Waals surface area contributed by atoms with E-state index in [4.69, 9.17) is 37.1 Å². The van der Waals surface area contributed by atoms with Crippen molar-refractivity contribution < 1.29 is 77.7 Å². The monoisotopic (exact) mass is 1220 g/mol. The zero-order valence-corrected chi connectivity index (χ0v) is 49.6. The van der Waals surface area contributed by atoms with Crippen molar-refractivity contribution in [2.24, 2.45) is 0 Å². The summed E-state index contributed by atoms with van der Waals surface area (Å²) >= 11 is 0. The highest BCUT2D eigenvalue weighted by Crippen LogP contribution is 2.31. The molecule has 0 unspecified atom stereocenters. The maximum atomic E-state index is 14.5. The van der Waals surface area contributed by atoms with Crippen molar-refractivity contribution in [3.8, 4) is 22.9 Å². The van der Waals surface area contributed by atoms with E-state index in [0.717, 1.165) is 114 Å². The van der Waals surface area contributed by atoms with Gasteiger partial charge in [0.1, 0.15) is 57.6 Å². The van der Waals surface area contributed by atoms with Crippen LogP contribution in [0.3, 0.4) is 0 Å². The summed E-state index contributed by atoms with van der Waals surface area (Å²) in [4.78, 5) is 34.0. The third-order valence-electron chi connectivity index (χ3n) is 15.0. The Labute approximate surface area is 500 Å². The van der Waals surface area contributed by atoms with Crippen molar-refractivity contribution in [2.75, 3.05) is 19.8 Å². The first-order chi connectivity index (χ1) is 41.7. The van der Waals surface area contributed by atoms with Crippen LogP contribution in [0, 0.1) is 57.9 Å². The van der Waals surface area contributed by atoms with Gasteiger partial charge in [0.25, 0.3) is 10.1 Å². The minimum Gasteiger partial charge on any atom is -0.477 e. The predicted molar refractivity (Wildman–Crippen MR) is 315 cm³/mol. The van der Waals surface area contributed by atoms with Gasteiger partial charge >= 0.3 is 11.9 Å². The van der Waals surface area contributed by atoms with Gasteiger partial charge in [0.05, 0.1) is 73.4 Å². The molecule has 0 amide bonds. The number of H-pyrrole nitrogens is 1. The maximum Gasteiger partial charge on any atom is 0.352 e. The Morgan fingerprint density at radius 1 is 0.598 bits per heavy atom. The van der Waals surface area contributed by atoms with E-state index < -0.39 is 45.3 Å². The van der Waals surface area contributed by atoms with Crippen LogP contribution in [0.15, 0.2) is 123 Å². The lowest BCUT2D eigenvalue weighted by Crippen LogP contribution is -2.29. The number of nitrogens with zero attached hydrogens (tertiary/aromatic N) is 3. The number of nitrogens with one attached hydrogen (secondary N) is 1. The van der Waals surface area contributed by atoms with Crippen LogP contribution in [0.1, 0.15) is 112 Å². The normalized spacial score (nSPS) is 17.0. The fourth-order valence-corrected chi connectivity index (χ4v) is 11.5. The number of halogens is 4. The molecule has 0 aliphatic heterocycles. The first-order valence-corrected chi connectivity index (χ1v) is 30.0. The minimum atomic E-state index is -3.78. The Kier molecular flexibility index (Phi) is 20.9. The average Bonchev–Trinajstić information content (AvgIpc) is 1.81. The number of aromatic carboxylic acids is 2. The number of oxazole rings is 2. The first-order valence-electron chi connectivity index (χ1n) is 28.6. The average molecular weight is 1220 g/mol. The SMILES string of the molecule is Cc1ccc(S(=O)(=O)OCCO[C@@H]2CCC[C@H](OCc3nc(-c4cccc(C)c4)oc3C)C2)cc1.Cc1cccc(-c2nc(CO[C@H]3CCC[C@@H](OCCn4c(C(=O)O)cc5cc(F)cc(F)c54)C3)c(C)o2)c1.O=C(O)c1cc2cc(F)cc(F)c2[nH]1. The van der Waals surface area contributed by atoms with Gasteiger partial charge in [0, 0.05) is 40.6 Å². The number of rotatable bonds is 20. The number of carbonyl (C=O) groups is 2. The summed E-state index contributed by atoms with van der Waals surface area (Å²) in [6.07, 6.45) is 7.03. The molecule has 17 nitrogen and oxygen atoms in total. The standard InChI is InChI=1S/C29H30F2N2O5.C27H33NO6S.C9H5F2NO2/c1-17-5-3-6-19(11-17)28-32-25(18(2)38-28)16-37-23-8-4-7-22(15-23)36-10-9-33-26(29(34)35)13-20-12-21(30)14-24(31)27(20)33;1-19-10-12-25(13-11-19)35(29,30)33-15-14-31-23-8-5-9-24(17-23)32-18-26-21(3)34-27(28-26)22-7-4-6-20(2)16-22;10-5-1-4-2-7(9(13)14)12-8(4)6(11)3-5/h3,5-6,11-14,22-23H,4,7-10,15-16H2,1-2H3,(H,34,35);4,6-7,10-13,16,23-24H,5,8-9,14-15,17-18H2,1-3H3;1-3,12H,(H,13,14)/t22-,23+;23-,24+;/m11./s1. The highest BCUT2D eigenvalue weighted by molar-refractivity contribution is 7.86. The second kappa shape index (κ2) is 28.7. The topological polar surface area (TPSA) is 228 Å². The molecule has 0 spiro atoms. The van der Waals surface area contributed by atoms with Crippen LogP contribution >= 0.6 is 0 Å². The summed E-state index contributed by atoms with van der Waals surface area (Å²) in [6, 6.07) is 28.8. The first kappa shape index (κ1) is 63.5. The van der Waals surface area contributed by atoms with Crippen molar-refractivity contribution in [2.45, 2.75) is 135 Å². The summed E-state index contributed by atoms with van der Waals surface area (Å²) in [7, 11) is -3.78. The summed E-state index contributed by atoms with van der Waals surface area (Å²) in [5, 5.41) is 18.6. The van der Waals surface area contributed by atoms with Crippen LogP contribution in [0.4, 0.5) is 17.6 Å². The molecule has 3 N–H and O–H groups in total. The zero-order valence-electron chi connectivity index (χ0n) is 48.7. The molecule has 87 heavy (non-hydrogen) atoms. The number of carboxylic acids is 2. The van der Waals surface area contributed by atoms with Crippen LogP contribution in [0.25, 0.3) is 44.7 Å². The maximum absolute atomic E-state index is 14.5. The van der Waals surface area contributed by atoms with E-state index >= 15 is 0 Å². The van der Waals surface area contributed by atoms with E-state index in [2.05, 4.69) is 21.0 Å². The van der Waals surface area contributed by atoms with E-state index in [1.54, 1.807) is 24.3 Å². The van der Waals surface area contributed by atoms with E-state index in [1.165, 1.54) is 16.7 Å². The van der Waals surface area contributed by atoms with Crippen LogP contribution in [0.2, 0.25) is 0 Å². The molecule has 4 heterocycles. The molecule has 9 aromatic rings. The molecule has 2 aliphatic rings. The molecule has 4 aromatic heterocycles. The van der Waals surface area contributed by atoms with Gasteiger partial charge in [-0.15, -0.1) is 0 Å². The van der Waals surface area contributed by atoms with Crippen LogP contribution in [-0.4, -0.2) is 94.3 Å². The second-order valence-corrected chi connectivity index (χ2v) is 23.3. The van der Waals surface area contributed by atoms with E-state index in [1.807, 2.05) is 77.1 Å². The van der Waals surface area contributed by atoms with Gasteiger partial charge in [-0.2, -0.15) is 8.42 Å². The lowest BCUT2D eigenvalue weighted by molar-refractivity contribution is -0.0553. The highest BCUT2D eigenvalue weighted by Gasteiger charge is 2.27. The Morgan fingerprint density at radius 2 is 1.11 bits per heavy atom. The van der Waals surface area contributed by atoms with Gasteiger partial charge in [-0.05, 0) is 147 Å². The van der Waals surface area contributed by atoms with Gasteiger partial charge in [0.2, 0.25) is 11.8 Å². The largest absolute Gasteiger partial charge is 0.477 e. The van der Waals surface area contributed by atoms with Crippen LogP contribution in [-0.2, 0) is 53.0 Å². The number of ether oxygens (including phenoxy) is 4. The lowest BCUT2D eigenvalue weighted by Gasteiger charge is -2.29. The minimum absolute atomic E-state index is 0.00352. The molecular formula is C65H68F4N4O13S. The number of benzene rings is 5. The van der Waals surface area contributed by atoms with E-state index in [9.17, 15) is 40.7 Å². The van der Waals surface area contributed by atoms with Gasteiger partial charge in [-0.3, -0.25) is 4.18 Å². The summed E-state index contributed by atoms with van der Waals surface area (Å²) in [5.74, 6) is -2.82. The molecule has 11 rings (SSSR count). The third kappa shape index (κ3) is 16.8. The number of aromatic amines is 1. The second-order valence-electron chi connectivity index (χ2n) is 21.7. The molecule has 460 valence electrons. The Hall–Kier alpha value is -7.99. The molecule has 4 atom stereocenters. The lowest BCUT2D eigenvalue weighted by atomic mass is 9.95. The molecule has 2 saturated carbocycles. The molecule has 22 heteroatoms. The molecule has 0 saturated heterocycles. The highest BCUT2D eigenvalue weighted by atomic mass is 32.2. The van der Waals surface area contributed by atoms with Gasteiger partial charge in [-0.25, -0.2) is 37.1 Å². The van der Waals surface area contributed by atoms with Crippen LogP contribution in [0.5, 0.6) is 0 Å². The Morgan fingerprint density at radius 3 is 1.64 bits per heavy atom. The molecule has 2 fully saturated rings. The summed E-state index contributed by atoms with van der Waals surface area (Å²) in [6.45, 7) is 11.0. The fraction of sp³-hybridized carbons (Fsp3) is 0.354. The van der Waals surface area contributed by atoms with E-state index in [-0.39, 0.29) is 88.9 Å². The number of carboxylic acid groups (broad SMARTS) is 2. The Balaban J connectivity index is 0.000000170. The van der Waals surface area contributed by atoms with Crippen molar-refractivity contribution in [3.63, 3.8) is 0 Å². The number of hydrogen-bond acceptors (Lipinski definition) is 13. The smallest absolute Gasteiger partial charge is 0.352 e. The molecule has 5 aromatic carbocycles. The molecule has 0 radical (unpaired) electrons. The quantitative estimate of drug-likeness (QED) is 0.0366. The van der Waals surface area contributed by atoms with Crippen LogP contribution < -0.4 is 0 Å². The molecule has 0 bridgehead atoms. The summed E-state index contributed by atoms with van der Waals surface area (Å²) in [5.41, 5.74) is 6.53. The van der Waals surface area contributed by atoms with Crippen molar-refractivity contribution in [1.82, 2.24) is 19.5 Å². The number of hydrogen-bond donors (Lipinski definition) is 3. The number of fused-ring (bicyclic) bond motifs is 2. The molecular weight excluding hydrogens is 1150 g/mol. The van der Waals surface area contributed by atoms with Gasteiger partial charge < -0.3 is 47.5 Å². The van der Waals surface area contributed by atoms with Crippen molar-refractivity contribution in [1.29, 1.82) is 0 Å². The molecule has 2 aliphatic carbocycles. The van der Waals surface area contributed by atoms with Crippen molar-refractivity contribution >= 4 is 43.9 Å². The van der Waals surface area contributed by atoms with E-state index in [0.29, 0.717) is 37.5 Å². The Bertz CT molecular complexity index is 3970. The van der Waals surface area contributed by atoms with Crippen molar-refractivity contribution in [3.05, 3.63) is 183 Å². The zero-order chi connectivity index (χ0) is 61.9. The van der Waals surface area contributed by atoms with Gasteiger partial charge in [-0.1, -0.05) is 53.1 Å². The third-order valence-corrected chi connectivity index (χ3v) is 16.4. The van der Waals surface area contributed by atoms with Gasteiger partial charge in [0.15, 0.2) is 0 Å².